The minimum atomic E-state index is 0.629. The fourth-order valence-corrected chi connectivity index (χ4v) is 1.21. The van der Waals surface area contributed by atoms with Gasteiger partial charge in [0.15, 0.2) is 0 Å². The van der Waals surface area contributed by atoms with Crippen molar-refractivity contribution in [1.82, 2.24) is 15.2 Å². The Morgan fingerprint density at radius 3 is 2.86 bits per heavy atom. The molecule has 1 rings (SSSR count). The Balaban J connectivity index is 2.05. The van der Waals surface area contributed by atoms with Gasteiger partial charge in [-0.25, -0.2) is 0 Å². The lowest BCUT2D eigenvalue weighted by Crippen LogP contribution is -2.33. The quantitative estimate of drug-likeness (QED) is 0.673. The second-order valence-electron chi connectivity index (χ2n) is 3.97. The van der Waals surface area contributed by atoms with E-state index in [2.05, 4.69) is 42.2 Å². The van der Waals surface area contributed by atoms with Crippen LogP contribution in [0.1, 0.15) is 19.4 Å². The van der Waals surface area contributed by atoms with Gasteiger partial charge in [0.05, 0.1) is 0 Å². The molecule has 0 saturated heterocycles. The van der Waals surface area contributed by atoms with E-state index < -0.39 is 0 Å². The first kappa shape index (κ1) is 11.3. The van der Waals surface area contributed by atoms with Gasteiger partial charge in [0.25, 0.3) is 0 Å². The van der Waals surface area contributed by atoms with Crippen LogP contribution >= 0.6 is 0 Å². The number of hydrogen-bond donors (Lipinski definition) is 2. The Morgan fingerprint density at radius 1 is 1.50 bits per heavy atom. The molecule has 0 aliphatic carbocycles. The topological polar surface area (TPSA) is 31.1 Å². The van der Waals surface area contributed by atoms with Crippen LogP contribution in [-0.4, -0.2) is 36.1 Å². The Kier molecular flexibility index (Phi) is 4.70. The van der Waals surface area contributed by atoms with Crippen molar-refractivity contribution in [2.45, 2.75) is 26.4 Å². The van der Waals surface area contributed by atoms with Gasteiger partial charge >= 0.3 is 0 Å². The number of nitrogens with zero attached hydrogens (tertiary/aromatic N) is 1. The van der Waals surface area contributed by atoms with Gasteiger partial charge in [0.2, 0.25) is 0 Å². The van der Waals surface area contributed by atoms with Crippen molar-refractivity contribution in [3.63, 3.8) is 0 Å². The van der Waals surface area contributed by atoms with Gasteiger partial charge in [-0.1, -0.05) is 0 Å². The zero-order chi connectivity index (χ0) is 10.4. The van der Waals surface area contributed by atoms with E-state index in [0.717, 1.165) is 19.6 Å². The molecule has 3 nitrogen and oxygen atoms in total. The van der Waals surface area contributed by atoms with E-state index >= 15 is 0 Å². The number of rotatable bonds is 6. The third kappa shape index (κ3) is 3.94. The fourth-order valence-electron chi connectivity index (χ4n) is 1.21. The maximum absolute atomic E-state index is 3.41. The summed E-state index contributed by atoms with van der Waals surface area (Å²) in [5.41, 5.74) is 1.32. The molecule has 0 radical (unpaired) electrons. The first-order valence-corrected chi connectivity index (χ1v) is 5.23. The summed E-state index contributed by atoms with van der Waals surface area (Å²) in [6.45, 7) is 7.52. The lowest BCUT2D eigenvalue weighted by molar-refractivity contribution is 0.273. The van der Waals surface area contributed by atoms with E-state index in [1.165, 1.54) is 5.56 Å². The summed E-state index contributed by atoms with van der Waals surface area (Å²) < 4.78 is 0. The molecule has 0 amide bonds. The normalized spacial score (nSPS) is 11.5. The summed E-state index contributed by atoms with van der Waals surface area (Å²) in [7, 11) is 2.16. The molecule has 1 aromatic heterocycles. The highest BCUT2D eigenvalue weighted by atomic mass is 15.1. The van der Waals surface area contributed by atoms with Crippen molar-refractivity contribution >= 4 is 0 Å². The van der Waals surface area contributed by atoms with E-state index in [4.69, 9.17) is 0 Å². The highest BCUT2D eigenvalue weighted by Crippen LogP contribution is 1.95. The van der Waals surface area contributed by atoms with Crippen molar-refractivity contribution in [3.8, 4) is 0 Å². The zero-order valence-electron chi connectivity index (χ0n) is 9.38. The molecule has 0 aliphatic rings. The molecule has 0 atom stereocenters. The largest absolute Gasteiger partial charge is 0.367 e. The van der Waals surface area contributed by atoms with Crippen LogP contribution in [0.5, 0.6) is 0 Å². The van der Waals surface area contributed by atoms with Crippen LogP contribution in [0.4, 0.5) is 0 Å². The van der Waals surface area contributed by atoms with Gasteiger partial charge in [-0.2, -0.15) is 0 Å². The lowest BCUT2D eigenvalue weighted by atomic mass is 10.3. The monoisotopic (exact) mass is 195 g/mol. The van der Waals surface area contributed by atoms with Gasteiger partial charge in [-0.3, -0.25) is 0 Å². The maximum Gasteiger partial charge on any atom is 0.0220 e. The molecule has 0 bridgehead atoms. The molecule has 0 saturated carbocycles. The van der Waals surface area contributed by atoms with E-state index in [-0.39, 0.29) is 0 Å². The Morgan fingerprint density at radius 2 is 2.29 bits per heavy atom. The molecule has 0 fully saturated rings. The smallest absolute Gasteiger partial charge is 0.0220 e. The standard InChI is InChI=1S/C11H21N3/c1-10(2)14(3)7-6-13-9-11-4-5-12-8-11/h4-5,8,10,12-13H,6-7,9H2,1-3H3. The van der Waals surface area contributed by atoms with Crippen LogP contribution in [0.15, 0.2) is 18.5 Å². The molecule has 1 aromatic rings. The molecule has 3 heteroatoms. The zero-order valence-corrected chi connectivity index (χ0v) is 9.38. The summed E-state index contributed by atoms with van der Waals surface area (Å²) in [6.07, 6.45) is 3.98. The predicted molar refractivity (Wildman–Crippen MR) is 60.3 cm³/mol. The van der Waals surface area contributed by atoms with Crippen molar-refractivity contribution in [2.24, 2.45) is 0 Å². The predicted octanol–water partition coefficient (Wildman–Crippen LogP) is 1.44. The molecule has 0 aliphatic heterocycles. The Labute approximate surface area is 86.5 Å². The summed E-state index contributed by atoms with van der Waals surface area (Å²) in [5.74, 6) is 0. The third-order valence-corrected chi connectivity index (χ3v) is 2.51. The van der Waals surface area contributed by atoms with Crippen LogP contribution in [0.3, 0.4) is 0 Å². The minimum absolute atomic E-state index is 0.629. The van der Waals surface area contributed by atoms with Crippen LogP contribution in [0.2, 0.25) is 0 Å². The molecule has 2 N–H and O–H groups in total. The number of nitrogens with one attached hydrogen (secondary N) is 2. The number of likely N-dealkylation sites (N-methyl/N-ethyl adjacent to an activating group) is 1. The molecule has 1 heterocycles. The van der Waals surface area contributed by atoms with Crippen molar-refractivity contribution in [1.29, 1.82) is 0 Å². The lowest BCUT2D eigenvalue weighted by Gasteiger charge is -2.20. The molecule has 0 spiro atoms. The summed E-state index contributed by atoms with van der Waals surface area (Å²) in [5, 5.41) is 3.41. The molecule has 0 aromatic carbocycles. The summed E-state index contributed by atoms with van der Waals surface area (Å²) in [6, 6.07) is 2.73. The maximum atomic E-state index is 3.41. The first-order valence-electron chi connectivity index (χ1n) is 5.23. The average molecular weight is 195 g/mol. The van der Waals surface area contributed by atoms with Gasteiger partial charge in [0, 0.05) is 38.1 Å². The molecular formula is C11H21N3. The molecule has 0 unspecified atom stereocenters. The highest BCUT2D eigenvalue weighted by Gasteiger charge is 2.01. The van der Waals surface area contributed by atoms with E-state index in [9.17, 15) is 0 Å². The number of aromatic nitrogens is 1. The van der Waals surface area contributed by atoms with Gasteiger partial charge in [-0.15, -0.1) is 0 Å². The SMILES string of the molecule is CC(C)N(C)CCNCc1cc[nH]c1. The molecular weight excluding hydrogens is 174 g/mol. The van der Waals surface area contributed by atoms with Crippen molar-refractivity contribution < 1.29 is 0 Å². The van der Waals surface area contributed by atoms with Crippen LogP contribution < -0.4 is 5.32 Å². The van der Waals surface area contributed by atoms with E-state index in [0.29, 0.717) is 6.04 Å². The van der Waals surface area contributed by atoms with E-state index in [1.54, 1.807) is 0 Å². The molecule has 14 heavy (non-hydrogen) atoms. The summed E-state index contributed by atoms with van der Waals surface area (Å²) >= 11 is 0. The van der Waals surface area contributed by atoms with Crippen molar-refractivity contribution in [2.75, 3.05) is 20.1 Å². The Bertz CT molecular complexity index is 229. The second kappa shape index (κ2) is 5.83. The van der Waals surface area contributed by atoms with Crippen LogP contribution in [0, 0.1) is 0 Å². The van der Waals surface area contributed by atoms with Crippen molar-refractivity contribution in [3.05, 3.63) is 24.0 Å². The number of aromatic amines is 1. The van der Waals surface area contributed by atoms with E-state index in [1.807, 2.05) is 12.4 Å². The first-order chi connectivity index (χ1) is 6.70. The van der Waals surface area contributed by atoms with Crippen LogP contribution in [-0.2, 0) is 6.54 Å². The minimum Gasteiger partial charge on any atom is -0.367 e. The second-order valence-corrected chi connectivity index (χ2v) is 3.97. The van der Waals surface area contributed by atoms with Gasteiger partial charge in [-0.05, 0) is 32.5 Å². The average Bonchev–Trinajstić information content (AvgIpc) is 2.64. The molecule has 80 valence electrons. The summed E-state index contributed by atoms with van der Waals surface area (Å²) in [4.78, 5) is 5.38. The highest BCUT2D eigenvalue weighted by molar-refractivity contribution is 5.07. The van der Waals surface area contributed by atoms with Crippen LogP contribution in [0.25, 0.3) is 0 Å². The number of hydrogen-bond acceptors (Lipinski definition) is 2. The Hall–Kier alpha value is -0.800. The third-order valence-electron chi connectivity index (χ3n) is 2.51. The number of H-pyrrole nitrogens is 1. The van der Waals surface area contributed by atoms with Gasteiger partial charge in [0.1, 0.15) is 0 Å². The van der Waals surface area contributed by atoms with Gasteiger partial charge < -0.3 is 15.2 Å². The fraction of sp³-hybridized carbons (Fsp3) is 0.636.